The van der Waals surface area contributed by atoms with Crippen molar-refractivity contribution in [3.63, 3.8) is 0 Å². The number of alkyl halides is 2. The van der Waals surface area contributed by atoms with Gasteiger partial charge in [-0.2, -0.15) is 0 Å². The third kappa shape index (κ3) is 1.94. The van der Waals surface area contributed by atoms with E-state index in [1.807, 2.05) is 0 Å². The van der Waals surface area contributed by atoms with Crippen LogP contribution >= 0.6 is 0 Å². The first-order valence-corrected chi connectivity index (χ1v) is 6.08. The lowest BCUT2D eigenvalue weighted by molar-refractivity contribution is -0.0397. The Morgan fingerprint density at radius 2 is 2.00 bits per heavy atom. The topological polar surface area (TPSA) is 52.0 Å². The molecule has 18 heavy (non-hydrogen) atoms. The predicted molar refractivity (Wildman–Crippen MR) is 64.6 cm³/mol. The van der Waals surface area contributed by atoms with Crippen LogP contribution in [0.25, 0.3) is 11.1 Å². The summed E-state index contributed by atoms with van der Waals surface area (Å²) < 4.78 is 31.8. The fourth-order valence-electron chi connectivity index (χ4n) is 2.45. The van der Waals surface area contributed by atoms with E-state index in [4.69, 9.17) is 10.2 Å². The standard InChI is InChI=1S/C13H14F2N2O/c14-13(15)6-4-8(5-7-13)12-17-11-9(16)2-1-3-10(11)18-12/h1-3,8H,4-7,16H2. The third-order valence-electron chi connectivity index (χ3n) is 3.53. The van der Waals surface area contributed by atoms with Crippen LogP contribution in [0.15, 0.2) is 22.6 Å². The monoisotopic (exact) mass is 252 g/mol. The van der Waals surface area contributed by atoms with Gasteiger partial charge >= 0.3 is 0 Å². The van der Waals surface area contributed by atoms with Crippen molar-refractivity contribution in [3.05, 3.63) is 24.1 Å². The molecule has 5 heteroatoms. The van der Waals surface area contributed by atoms with E-state index in [0.29, 0.717) is 35.5 Å². The molecular weight excluding hydrogens is 238 g/mol. The minimum Gasteiger partial charge on any atom is -0.440 e. The second kappa shape index (κ2) is 3.93. The average Bonchev–Trinajstić information content (AvgIpc) is 2.74. The number of hydrogen-bond donors (Lipinski definition) is 1. The Morgan fingerprint density at radius 3 is 2.67 bits per heavy atom. The van der Waals surface area contributed by atoms with Gasteiger partial charge in [-0.25, -0.2) is 13.8 Å². The number of benzene rings is 1. The Balaban J connectivity index is 1.89. The molecule has 1 aliphatic carbocycles. The molecule has 0 bridgehead atoms. The van der Waals surface area contributed by atoms with Crippen LogP contribution < -0.4 is 5.73 Å². The SMILES string of the molecule is Nc1cccc2oc(C3CCC(F)(F)CC3)nc12. The quantitative estimate of drug-likeness (QED) is 0.787. The van der Waals surface area contributed by atoms with Gasteiger partial charge in [-0.15, -0.1) is 0 Å². The number of halogens is 2. The number of nitrogen functional groups attached to an aromatic ring is 1. The highest BCUT2D eigenvalue weighted by Gasteiger charge is 2.37. The maximum absolute atomic E-state index is 13.1. The lowest BCUT2D eigenvalue weighted by atomic mass is 9.87. The molecule has 1 heterocycles. The molecule has 0 radical (unpaired) electrons. The Kier molecular flexibility index (Phi) is 2.50. The van der Waals surface area contributed by atoms with Crippen molar-refractivity contribution >= 4 is 16.8 Å². The molecule has 0 aliphatic heterocycles. The average molecular weight is 252 g/mol. The van der Waals surface area contributed by atoms with Crippen LogP contribution in [0, 0.1) is 0 Å². The van der Waals surface area contributed by atoms with Gasteiger partial charge in [0.25, 0.3) is 0 Å². The summed E-state index contributed by atoms with van der Waals surface area (Å²) in [5.74, 6) is -2.00. The van der Waals surface area contributed by atoms with E-state index in [0.717, 1.165) is 0 Å². The Bertz CT molecular complexity index is 569. The number of oxazole rings is 1. The van der Waals surface area contributed by atoms with E-state index in [9.17, 15) is 8.78 Å². The lowest BCUT2D eigenvalue weighted by Gasteiger charge is -2.26. The molecule has 3 nitrogen and oxygen atoms in total. The van der Waals surface area contributed by atoms with Crippen LogP contribution in [0.5, 0.6) is 0 Å². The maximum atomic E-state index is 13.1. The summed E-state index contributed by atoms with van der Waals surface area (Å²) in [6, 6.07) is 5.34. The second-order valence-electron chi connectivity index (χ2n) is 4.88. The minimum atomic E-state index is -2.53. The Labute approximate surface area is 103 Å². The fourth-order valence-corrected chi connectivity index (χ4v) is 2.45. The molecule has 96 valence electrons. The van der Waals surface area contributed by atoms with Crippen molar-refractivity contribution < 1.29 is 13.2 Å². The first kappa shape index (κ1) is 11.4. The summed E-state index contributed by atoms with van der Waals surface area (Å²) >= 11 is 0. The highest BCUT2D eigenvalue weighted by Crippen LogP contribution is 2.41. The summed E-state index contributed by atoms with van der Waals surface area (Å²) in [6.07, 6.45) is 0.650. The number of anilines is 1. The number of rotatable bonds is 1. The van der Waals surface area contributed by atoms with Crippen molar-refractivity contribution in [2.75, 3.05) is 5.73 Å². The smallest absolute Gasteiger partial charge is 0.248 e. The summed E-state index contributed by atoms with van der Waals surface area (Å²) in [5.41, 5.74) is 7.62. The van der Waals surface area contributed by atoms with Crippen molar-refractivity contribution in [1.82, 2.24) is 4.98 Å². The summed E-state index contributed by atoms with van der Waals surface area (Å²) in [4.78, 5) is 4.35. The van der Waals surface area contributed by atoms with E-state index < -0.39 is 5.92 Å². The van der Waals surface area contributed by atoms with Crippen LogP contribution in [-0.4, -0.2) is 10.9 Å². The van der Waals surface area contributed by atoms with Crippen LogP contribution in [0.2, 0.25) is 0 Å². The summed E-state index contributed by atoms with van der Waals surface area (Å²) in [5, 5.41) is 0. The zero-order chi connectivity index (χ0) is 12.8. The van der Waals surface area contributed by atoms with Gasteiger partial charge in [0.05, 0.1) is 5.69 Å². The van der Waals surface area contributed by atoms with E-state index in [1.54, 1.807) is 18.2 Å². The van der Waals surface area contributed by atoms with Gasteiger partial charge in [-0.3, -0.25) is 0 Å². The van der Waals surface area contributed by atoms with Crippen LogP contribution in [0.3, 0.4) is 0 Å². The lowest BCUT2D eigenvalue weighted by Crippen LogP contribution is -2.23. The highest BCUT2D eigenvalue weighted by atomic mass is 19.3. The Hall–Kier alpha value is -1.65. The molecule has 2 aromatic rings. The number of para-hydroxylation sites is 1. The first-order valence-electron chi connectivity index (χ1n) is 6.08. The van der Waals surface area contributed by atoms with Crippen LogP contribution in [-0.2, 0) is 0 Å². The number of fused-ring (bicyclic) bond motifs is 1. The Morgan fingerprint density at radius 1 is 1.28 bits per heavy atom. The predicted octanol–water partition coefficient (Wildman–Crippen LogP) is 3.70. The zero-order valence-corrected chi connectivity index (χ0v) is 9.83. The van der Waals surface area contributed by atoms with Crippen molar-refractivity contribution in [2.24, 2.45) is 0 Å². The molecule has 0 saturated heterocycles. The number of nitrogens with two attached hydrogens (primary N) is 1. The van der Waals surface area contributed by atoms with Crippen LogP contribution in [0.1, 0.15) is 37.5 Å². The van der Waals surface area contributed by atoms with Gasteiger partial charge in [0.2, 0.25) is 5.92 Å². The summed E-state index contributed by atoms with van der Waals surface area (Å²) in [6.45, 7) is 0. The molecule has 1 aromatic carbocycles. The second-order valence-corrected chi connectivity index (χ2v) is 4.88. The van der Waals surface area contributed by atoms with E-state index in [1.165, 1.54) is 0 Å². The van der Waals surface area contributed by atoms with Gasteiger partial charge in [0.1, 0.15) is 5.52 Å². The number of aromatic nitrogens is 1. The molecular formula is C13H14F2N2O. The number of hydrogen-bond acceptors (Lipinski definition) is 3. The van der Waals surface area contributed by atoms with Gasteiger partial charge in [0.15, 0.2) is 11.5 Å². The van der Waals surface area contributed by atoms with E-state index >= 15 is 0 Å². The third-order valence-corrected chi connectivity index (χ3v) is 3.53. The molecule has 1 saturated carbocycles. The highest BCUT2D eigenvalue weighted by molar-refractivity contribution is 5.85. The molecule has 3 rings (SSSR count). The molecule has 1 fully saturated rings. The van der Waals surface area contributed by atoms with Gasteiger partial charge in [-0.1, -0.05) is 6.07 Å². The van der Waals surface area contributed by atoms with Gasteiger partial charge < -0.3 is 10.2 Å². The van der Waals surface area contributed by atoms with Gasteiger partial charge in [-0.05, 0) is 25.0 Å². The zero-order valence-electron chi connectivity index (χ0n) is 9.83. The first-order chi connectivity index (χ1) is 8.55. The largest absolute Gasteiger partial charge is 0.440 e. The van der Waals surface area contributed by atoms with E-state index in [-0.39, 0.29) is 18.8 Å². The molecule has 0 unspecified atom stereocenters. The minimum absolute atomic E-state index is 0.0172. The molecule has 0 atom stereocenters. The fraction of sp³-hybridized carbons (Fsp3) is 0.462. The molecule has 2 N–H and O–H groups in total. The summed E-state index contributed by atoms with van der Waals surface area (Å²) in [7, 11) is 0. The van der Waals surface area contributed by atoms with Gasteiger partial charge in [0, 0.05) is 18.8 Å². The number of nitrogens with zero attached hydrogens (tertiary/aromatic N) is 1. The molecule has 1 aromatic heterocycles. The molecule has 0 spiro atoms. The van der Waals surface area contributed by atoms with Crippen LogP contribution in [0.4, 0.5) is 14.5 Å². The maximum Gasteiger partial charge on any atom is 0.248 e. The van der Waals surface area contributed by atoms with Crippen molar-refractivity contribution in [2.45, 2.75) is 37.5 Å². The molecule has 1 aliphatic rings. The normalized spacial score (nSPS) is 20.3. The molecule has 0 amide bonds. The van der Waals surface area contributed by atoms with E-state index in [2.05, 4.69) is 4.98 Å². The van der Waals surface area contributed by atoms with Crippen molar-refractivity contribution in [1.29, 1.82) is 0 Å². The van der Waals surface area contributed by atoms with Crippen molar-refractivity contribution in [3.8, 4) is 0 Å².